The van der Waals surface area contributed by atoms with Gasteiger partial charge in [0.1, 0.15) is 17.0 Å². The molecule has 1 aliphatic rings. The van der Waals surface area contributed by atoms with Crippen LogP contribution in [-0.4, -0.2) is 9.55 Å². The van der Waals surface area contributed by atoms with E-state index < -0.39 is 0 Å². The molecule has 1 aliphatic heterocycles. The second kappa shape index (κ2) is 2.95. The summed E-state index contributed by atoms with van der Waals surface area (Å²) in [7, 11) is 0. The molecule has 0 saturated carbocycles. The molecule has 78 valence electrons. The van der Waals surface area contributed by atoms with E-state index in [4.69, 9.17) is 4.42 Å². The Morgan fingerprint density at radius 3 is 3.20 bits per heavy atom. The predicted molar refractivity (Wildman–Crippen MR) is 55.9 cm³/mol. The Morgan fingerprint density at radius 2 is 2.33 bits per heavy atom. The first-order valence-electron chi connectivity index (χ1n) is 5.25. The normalized spacial score (nSPS) is 15.5. The molecule has 2 aromatic rings. The Balaban J connectivity index is 2.40. The summed E-state index contributed by atoms with van der Waals surface area (Å²) in [5, 5.41) is 0.609. The summed E-state index contributed by atoms with van der Waals surface area (Å²) < 4.78 is 7.17. The van der Waals surface area contributed by atoms with Crippen molar-refractivity contribution in [2.75, 3.05) is 0 Å². The number of aromatic nitrogens is 2. The molecule has 0 unspecified atom stereocenters. The molecule has 0 radical (unpaired) electrons. The molecule has 3 heterocycles. The van der Waals surface area contributed by atoms with Crippen LogP contribution in [-0.2, 0) is 13.0 Å². The maximum absolute atomic E-state index is 12.0. The average molecular weight is 204 g/mol. The van der Waals surface area contributed by atoms with Crippen molar-refractivity contribution in [3.05, 3.63) is 28.0 Å². The quantitative estimate of drug-likeness (QED) is 0.655. The number of aryl methyl sites for hydroxylation is 2. The fourth-order valence-electron chi connectivity index (χ4n) is 2.15. The fourth-order valence-corrected chi connectivity index (χ4v) is 2.15. The summed E-state index contributed by atoms with van der Waals surface area (Å²) in [6.45, 7) is 2.63. The number of fused-ring (bicyclic) bond motifs is 2. The standard InChI is InChI=1S/C11H12N2O2/c1-7-6-8-10(15-7)12-9-4-2-3-5-13(9)11(8)14/h6H,2-5H2,1H3. The highest BCUT2D eigenvalue weighted by atomic mass is 16.3. The molecule has 0 atom stereocenters. The van der Waals surface area contributed by atoms with Gasteiger partial charge in [0, 0.05) is 13.0 Å². The van der Waals surface area contributed by atoms with Crippen molar-refractivity contribution in [3.63, 3.8) is 0 Å². The van der Waals surface area contributed by atoms with Gasteiger partial charge in [-0.05, 0) is 25.8 Å². The van der Waals surface area contributed by atoms with Crippen molar-refractivity contribution in [3.8, 4) is 0 Å². The minimum atomic E-state index is 0.0477. The zero-order valence-corrected chi connectivity index (χ0v) is 8.62. The first kappa shape index (κ1) is 8.71. The molecule has 4 nitrogen and oxygen atoms in total. The lowest BCUT2D eigenvalue weighted by Gasteiger charge is -2.16. The third-order valence-electron chi connectivity index (χ3n) is 2.89. The SMILES string of the molecule is Cc1cc2c(=O)n3c(nc2o1)CCCC3. The van der Waals surface area contributed by atoms with E-state index in [9.17, 15) is 4.79 Å². The molecule has 0 fully saturated rings. The highest BCUT2D eigenvalue weighted by Crippen LogP contribution is 2.17. The van der Waals surface area contributed by atoms with Gasteiger partial charge in [0.15, 0.2) is 0 Å². The first-order valence-corrected chi connectivity index (χ1v) is 5.25. The van der Waals surface area contributed by atoms with Gasteiger partial charge in [-0.1, -0.05) is 0 Å². The fraction of sp³-hybridized carbons (Fsp3) is 0.455. The minimum Gasteiger partial charge on any atom is -0.443 e. The van der Waals surface area contributed by atoms with E-state index in [-0.39, 0.29) is 5.56 Å². The summed E-state index contributed by atoms with van der Waals surface area (Å²) in [5.41, 5.74) is 0.539. The van der Waals surface area contributed by atoms with Gasteiger partial charge in [-0.25, -0.2) is 0 Å². The second-order valence-electron chi connectivity index (χ2n) is 4.02. The second-order valence-corrected chi connectivity index (χ2v) is 4.02. The molecule has 0 amide bonds. The predicted octanol–water partition coefficient (Wildman–Crippen LogP) is 1.63. The summed E-state index contributed by atoms with van der Waals surface area (Å²) in [6.07, 6.45) is 3.06. The summed E-state index contributed by atoms with van der Waals surface area (Å²) >= 11 is 0. The number of hydrogen-bond acceptors (Lipinski definition) is 3. The van der Waals surface area contributed by atoms with Crippen molar-refractivity contribution in [2.24, 2.45) is 0 Å². The lowest BCUT2D eigenvalue weighted by molar-refractivity contribution is 0.491. The summed E-state index contributed by atoms with van der Waals surface area (Å²) in [5.74, 6) is 1.62. The Labute approximate surface area is 86.5 Å². The minimum absolute atomic E-state index is 0.0477. The van der Waals surface area contributed by atoms with Gasteiger partial charge in [0.25, 0.3) is 5.56 Å². The largest absolute Gasteiger partial charge is 0.443 e. The van der Waals surface area contributed by atoms with E-state index in [1.807, 2.05) is 6.92 Å². The Kier molecular flexibility index (Phi) is 1.71. The number of hydrogen-bond donors (Lipinski definition) is 0. The molecule has 0 spiro atoms. The summed E-state index contributed by atoms with van der Waals surface area (Å²) in [6, 6.07) is 1.77. The van der Waals surface area contributed by atoms with E-state index in [1.54, 1.807) is 10.6 Å². The summed E-state index contributed by atoms with van der Waals surface area (Å²) in [4.78, 5) is 16.4. The van der Waals surface area contributed by atoms with Crippen LogP contribution in [0.1, 0.15) is 24.4 Å². The van der Waals surface area contributed by atoms with Gasteiger partial charge in [-0.15, -0.1) is 0 Å². The van der Waals surface area contributed by atoms with Crippen LogP contribution in [0.4, 0.5) is 0 Å². The van der Waals surface area contributed by atoms with Gasteiger partial charge >= 0.3 is 0 Å². The molecule has 0 aliphatic carbocycles. The van der Waals surface area contributed by atoms with Crippen LogP contribution < -0.4 is 5.56 Å². The van der Waals surface area contributed by atoms with E-state index in [0.29, 0.717) is 11.1 Å². The van der Waals surface area contributed by atoms with Crippen LogP contribution in [0.25, 0.3) is 11.1 Å². The zero-order chi connectivity index (χ0) is 10.4. The van der Waals surface area contributed by atoms with Gasteiger partial charge in [-0.2, -0.15) is 4.98 Å². The van der Waals surface area contributed by atoms with Crippen molar-refractivity contribution < 1.29 is 4.42 Å². The maximum Gasteiger partial charge on any atom is 0.264 e. The molecule has 0 saturated heterocycles. The monoisotopic (exact) mass is 204 g/mol. The van der Waals surface area contributed by atoms with Crippen molar-refractivity contribution in [1.29, 1.82) is 0 Å². The van der Waals surface area contributed by atoms with Gasteiger partial charge in [0.05, 0.1) is 0 Å². The zero-order valence-electron chi connectivity index (χ0n) is 8.62. The molecule has 0 aromatic carbocycles. The van der Waals surface area contributed by atoms with Crippen molar-refractivity contribution in [2.45, 2.75) is 32.7 Å². The van der Waals surface area contributed by atoms with Crippen LogP contribution in [0, 0.1) is 6.92 Å². The molecule has 2 aromatic heterocycles. The highest BCUT2D eigenvalue weighted by molar-refractivity contribution is 5.72. The number of nitrogens with zero attached hydrogens (tertiary/aromatic N) is 2. The third kappa shape index (κ3) is 1.21. The lowest BCUT2D eigenvalue weighted by Crippen LogP contribution is -2.27. The molecular formula is C11H12N2O2. The molecule has 4 heteroatoms. The van der Waals surface area contributed by atoms with Gasteiger partial charge in [0.2, 0.25) is 5.71 Å². The third-order valence-corrected chi connectivity index (χ3v) is 2.89. The topological polar surface area (TPSA) is 48.0 Å². The molecule has 3 rings (SSSR count). The molecule has 0 N–H and O–H groups in total. The smallest absolute Gasteiger partial charge is 0.264 e. The maximum atomic E-state index is 12.0. The number of furan rings is 1. The molecule has 0 bridgehead atoms. The van der Waals surface area contributed by atoms with Crippen LogP contribution in [0.5, 0.6) is 0 Å². The molecular weight excluding hydrogens is 192 g/mol. The lowest BCUT2D eigenvalue weighted by atomic mass is 10.1. The van der Waals surface area contributed by atoms with Gasteiger partial charge < -0.3 is 4.42 Å². The Bertz CT molecular complexity index is 580. The van der Waals surface area contributed by atoms with Gasteiger partial charge in [-0.3, -0.25) is 9.36 Å². The van der Waals surface area contributed by atoms with Crippen molar-refractivity contribution in [1.82, 2.24) is 9.55 Å². The Hall–Kier alpha value is -1.58. The molecule has 15 heavy (non-hydrogen) atoms. The van der Waals surface area contributed by atoms with Crippen LogP contribution >= 0.6 is 0 Å². The van der Waals surface area contributed by atoms with E-state index >= 15 is 0 Å². The van der Waals surface area contributed by atoms with Crippen molar-refractivity contribution >= 4 is 11.1 Å². The van der Waals surface area contributed by atoms with Crippen LogP contribution in [0.2, 0.25) is 0 Å². The van der Waals surface area contributed by atoms with E-state index in [0.717, 1.165) is 37.4 Å². The average Bonchev–Trinajstić information content (AvgIpc) is 2.59. The Morgan fingerprint density at radius 1 is 1.47 bits per heavy atom. The van der Waals surface area contributed by atoms with E-state index in [1.165, 1.54) is 0 Å². The number of rotatable bonds is 0. The van der Waals surface area contributed by atoms with Crippen LogP contribution in [0.3, 0.4) is 0 Å². The van der Waals surface area contributed by atoms with E-state index in [2.05, 4.69) is 4.98 Å². The first-order chi connectivity index (χ1) is 7.25. The highest BCUT2D eigenvalue weighted by Gasteiger charge is 2.16. The van der Waals surface area contributed by atoms with Crippen LogP contribution in [0.15, 0.2) is 15.3 Å².